The molecule has 3 rings (SSSR count). The second kappa shape index (κ2) is 10.4. The van der Waals surface area contributed by atoms with Crippen LogP contribution in [0.5, 0.6) is 11.5 Å². The quantitative estimate of drug-likeness (QED) is 0.383. The van der Waals surface area contributed by atoms with E-state index >= 15 is 0 Å². The maximum Gasteiger partial charge on any atom is 0.270 e. The SMILES string of the molecule is CC=CC(=O)N(NC(=O)c1ccc(OC)c(OC)c1)C1CC(=O)N(c2cc(Cl)ccc2C)C1=O. The first-order valence-electron chi connectivity index (χ1n) is 10.3. The fourth-order valence-corrected chi connectivity index (χ4v) is 3.72. The number of halogens is 1. The summed E-state index contributed by atoms with van der Waals surface area (Å²) in [6, 6.07) is 8.07. The molecule has 1 unspecified atom stereocenters. The van der Waals surface area contributed by atoms with Gasteiger partial charge in [0.2, 0.25) is 5.91 Å². The summed E-state index contributed by atoms with van der Waals surface area (Å²) in [7, 11) is 2.89. The van der Waals surface area contributed by atoms with Gasteiger partial charge < -0.3 is 9.47 Å². The number of nitrogens with zero attached hydrogens (tertiary/aromatic N) is 2. The third-order valence-corrected chi connectivity index (χ3v) is 5.50. The minimum Gasteiger partial charge on any atom is -0.493 e. The molecule has 0 spiro atoms. The summed E-state index contributed by atoms with van der Waals surface area (Å²) in [6.07, 6.45) is 2.36. The zero-order chi connectivity index (χ0) is 25.0. The Morgan fingerprint density at radius 3 is 2.47 bits per heavy atom. The summed E-state index contributed by atoms with van der Waals surface area (Å²) in [5.41, 5.74) is 3.62. The van der Waals surface area contributed by atoms with Gasteiger partial charge in [-0.2, -0.15) is 0 Å². The van der Waals surface area contributed by atoms with Gasteiger partial charge in [0, 0.05) is 16.7 Å². The molecule has 10 heteroatoms. The number of rotatable bonds is 6. The van der Waals surface area contributed by atoms with Crippen LogP contribution in [0, 0.1) is 6.92 Å². The number of benzene rings is 2. The lowest BCUT2D eigenvalue weighted by Gasteiger charge is -2.27. The largest absolute Gasteiger partial charge is 0.493 e. The van der Waals surface area contributed by atoms with Gasteiger partial charge in [-0.15, -0.1) is 0 Å². The summed E-state index contributed by atoms with van der Waals surface area (Å²) < 4.78 is 10.4. The van der Waals surface area contributed by atoms with E-state index in [1.165, 1.54) is 44.6 Å². The zero-order valence-corrected chi connectivity index (χ0v) is 19.9. The number of anilines is 1. The van der Waals surface area contributed by atoms with Crippen LogP contribution in [-0.2, 0) is 14.4 Å². The molecule has 0 radical (unpaired) electrons. The lowest BCUT2D eigenvalue weighted by atomic mass is 10.2. The Balaban J connectivity index is 1.93. The fourth-order valence-electron chi connectivity index (χ4n) is 3.56. The number of hydrazine groups is 1. The molecule has 4 amide bonds. The van der Waals surface area contributed by atoms with E-state index in [2.05, 4.69) is 5.43 Å². The standard InChI is InChI=1S/C24H24ClN3O6/c1-5-6-21(29)28(26-23(31)15-8-10-19(33-3)20(11-15)34-4)18-13-22(30)27(24(18)32)17-12-16(25)9-7-14(17)2/h5-12,18H,13H2,1-4H3,(H,26,31). The average molecular weight is 486 g/mol. The molecule has 1 aliphatic rings. The van der Waals surface area contributed by atoms with Gasteiger partial charge in [-0.3, -0.25) is 24.6 Å². The van der Waals surface area contributed by atoms with Crippen LogP contribution in [0.1, 0.15) is 29.3 Å². The first-order valence-corrected chi connectivity index (χ1v) is 10.7. The minimum atomic E-state index is -1.24. The highest BCUT2D eigenvalue weighted by Crippen LogP contribution is 2.31. The number of imide groups is 1. The molecule has 2 aromatic carbocycles. The average Bonchev–Trinajstić information content (AvgIpc) is 3.11. The number of aryl methyl sites for hydroxylation is 1. The predicted octanol–water partition coefficient (Wildman–Crippen LogP) is 3.05. The molecule has 0 saturated carbocycles. The van der Waals surface area contributed by atoms with Gasteiger partial charge >= 0.3 is 0 Å². The number of methoxy groups -OCH3 is 2. The molecular weight excluding hydrogens is 462 g/mol. The number of carbonyl (C=O) groups is 4. The van der Waals surface area contributed by atoms with Crippen LogP contribution in [0.3, 0.4) is 0 Å². The number of hydrogen-bond acceptors (Lipinski definition) is 6. The Kier molecular flexibility index (Phi) is 7.57. The van der Waals surface area contributed by atoms with Crippen molar-refractivity contribution in [2.75, 3.05) is 19.1 Å². The summed E-state index contributed by atoms with van der Waals surface area (Å²) in [5.74, 6) is -1.76. The van der Waals surface area contributed by atoms with E-state index in [1.807, 2.05) is 0 Å². The van der Waals surface area contributed by atoms with E-state index < -0.39 is 29.7 Å². The van der Waals surface area contributed by atoms with Crippen molar-refractivity contribution >= 4 is 40.9 Å². The Labute approximate surface area is 201 Å². The predicted molar refractivity (Wildman–Crippen MR) is 126 cm³/mol. The number of ether oxygens (including phenoxy) is 2. The van der Waals surface area contributed by atoms with Gasteiger partial charge in [0.15, 0.2) is 11.5 Å². The van der Waals surface area contributed by atoms with E-state index in [0.29, 0.717) is 27.8 Å². The molecule has 1 atom stereocenters. The molecule has 2 aromatic rings. The smallest absolute Gasteiger partial charge is 0.270 e. The van der Waals surface area contributed by atoms with E-state index in [4.69, 9.17) is 21.1 Å². The minimum absolute atomic E-state index is 0.162. The molecule has 9 nitrogen and oxygen atoms in total. The molecule has 1 N–H and O–H groups in total. The maximum absolute atomic E-state index is 13.3. The van der Waals surface area contributed by atoms with Crippen LogP contribution in [-0.4, -0.2) is 48.9 Å². The van der Waals surface area contributed by atoms with Crippen LogP contribution in [0.2, 0.25) is 5.02 Å². The van der Waals surface area contributed by atoms with Crippen molar-refractivity contribution in [2.24, 2.45) is 0 Å². The van der Waals surface area contributed by atoms with Gasteiger partial charge in [-0.05, 0) is 49.7 Å². The van der Waals surface area contributed by atoms with Gasteiger partial charge in [-0.1, -0.05) is 23.7 Å². The lowest BCUT2D eigenvalue weighted by Crippen LogP contribution is -2.54. The van der Waals surface area contributed by atoms with Crippen molar-refractivity contribution < 1.29 is 28.7 Å². The van der Waals surface area contributed by atoms with Crippen LogP contribution >= 0.6 is 11.6 Å². The molecule has 1 aliphatic heterocycles. The first kappa shape index (κ1) is 24.8. The summed E-state index contributed by atoms with van der Waals surface area (Å²) >= 11 is 6.07. The fraction of sp³-hybridized carbons (Fsp3) is 0.250. The second-order valence-electron chi connectivity index (χ2n) is 7.44. The van der Waals surface area contributed by atoms with Crippen molar-refractivity contribution in [1.82, 2.24) is 10.4 Å². The summed E-state index contributed by atoms with van der Waals surface area (Å²) in [6.45, 7) is 3.36. The monoisotopic (exact) mass is 485 g/mol. The van der Waals surface area contributed by atoms with Gasteiger partial charge in [0.25, 0.3) is 17.7 Å². The Bertz CT molecular complexity index is 1180. The number of hydrogen-bond donors (Lipinski definition) is 1. The van der Waals surface area contributed by atoms with E-state index in [-0.39, 0.29) is 12.0 Å². The van der Waals surface area contributed by atoms with Crippen LogP contribution < -0.4 is 19.8 Å². The van der Waals surface area contributed by atoms with E-state index in [0.717, 1.165) is 9.91 Å². The number of allylic oxidation sites excluding steroid dienone is 1. The Hall–Kier alpha value is -3.85. The highest BCUT2D eigenvalue weighted by atomic mass is 35.5. The van der Waals surface area contributed by atoms with Crippen LogP contribution in [0.15, 0.2) is 48.6 Å². The number of amides is 4. The Morgan fingerprint density at radius 2 is 1.82 bits per heavy atom. The van der Waals surface area contributed by atoms with E-state index in [9.17, 15) is 19.2 Å². The topological polar surface area (TPSA) is 105 Å². The van der Waals surface area contributed by atoms with Crippen LogP contribution in [0.25, 0.3) is 0 Å². The molecule has 1 saturated heterocycles. The highest BCUT2D eigenvalue weighted by Gasteiger charge is 2.45. The molecule has 0 aliphatic carbocycles. The molecule has 34 heavy (non-hydrogen) atoms. The van der Waals surface area contributed by atoms with Gasteiger partial charge in [0.05, 0.1) is 26.3 Å². The third-order valence-electron chi connectivity index (χ3n) is 5.26. The lowest BCUT2D eigenvalue weighted by molar-refractivity contribution is -0.137. The number of nitrogens with one attached hydrogen (secondary N) is 1. The number of carbonyl (C=O) groups excluding carboxylic acids is 4. The normalized spacial score (nSPS) is 15.6. The van der Waals surface area contributed by atoms with Crippen LogP contribution in [0.4, 0.5) is 5.69 Å². The second-order valence-corrected chi connectivity index (χ2v) is 7.87. The zero-order valence-electron chi connectivity index (χ0n) is 19.1. The molecule has 1 heterocycles. The van der Waals surface area contributed by atoms with Crippen molar-refractivity contribution in [3.8, 4) is 11.5 Å². The molecule has 0 aromatic heterocycles. The van der Waals surface area contributed by atoms with Crippen molar-refractivity contribution in [3.63, 3.8) is 0 Å². The molecule has 1 fully saturated rings. The van der Waals surface area contributed by atoms with E-state index in [1.54, 1.807) is 32.0 Å². The highest BCUT2D eigenvalue weighted by molar-refractivity contribution is 6.31. The van der Waals surface area contributed by atoms with Crippen molar-refractivity contribution in [3.05, 3.63) is 64.7 Å². The van der Waals surface area contributed by atoms with Gasteiger partial charge in [-0.25, -0.2) is 9.91 Å². The summed E-state index contributed by atoms with van der Waals surface area (Å²) in [5, 5.41) is 1.23. The Morgan fingerprint density at radius 1 is 1.12 bits per heavy atom. The third kappa shape index (κ3) is 4.89. The molecule has 0 bridgehead atoms. The summed E-state index contributed by atoms with van der Waals surface area (Å²) in [4.78, 5) is 52.9. The maximum atomic E-state index is 13.3. The molecule has 178 valence electrons. The molecular formula is C24H24ClN3O6. The van der Waals surface area contributed by atoms with Gasteiger partial charge in [0.1, 0.15) is 6.04 Å². The van der Waals surface area contributed by atoms with Crippen molar-refractivity contribution in [1.29, 1.82) is 0 Å². The van der Waals surface area contributed by atoms with Crippen molar-refractivity contribution in [2.45, 2.75) is 26.3 Å². The first-order chi connectivity index (χ1) is 16.2.